The first-order valence-corrected chi connectivity index (χ1v) is 7.19. The van der Waals surface area contributed by atoms with Crippen molar-refractivity contribution in [3.8, 4) is 0 Å². The van der Waals surface area contributed by atoms with Gasteiger partial charge in [-0.1, -0.05) is 0 Å². The molecule has 0 aliphatic carbocycles. The van der Waals surface area contributed by atoms with Gasteiger partial charge in [-0.2, -0.15) is 0 Å². The molecule has 1 aromatic carbocycles. The van der Waals surface area contributed by atoms with Crippen molar-refractivity contribution in [3.05, 3.63) is 54.8 Å². The highest BCUT2D eigenvalue weighted by Gasteiger charge is 2.10. The second-order valence-electron chi connectivity index (χ2n) is 3.43. The van der Waals surface area contributed by atoms with Crippen molar-refractivity contribution >= 4 is 49.0 Å². The summed E-state index contributed by atoms with van der Waals surface area (Å²) in [5, 5.41) is 0. The van der Waals surface area contributed by atoms with Crippen LogP contribution in [0, 0.1) is 5.82 Å². The SMILES string of the molecule is O=C(Cc1ccc(Br)s1)c1ccc(F)c(Br)c1. The summed E-state index contributed by atoms with van der Waals surface area (Å²) >= 11 is 7.95. The first-order chi connectivity index (χ1) is 8.06. The molecule has 5 heteroatoms. The normalized spacial score (nSPS) is 10.5. The summed E-state index contributed by atoms with van der Waals surface area (Å²) in [6.07, 6.45) is 0.342. The van der Waals surface area contributed by atoms with Gasteiger partial charge in [0.1, 0.15) is 5.82 Å². The van der Waals surface area contributed by atoms with Crippen LogP contribution in [0.2, 0.25) is 0 Å². The predicted octanol–water partition coefficient (Wildman–Crippen LogP) is 4.84. The Hall–Kier alpha value is -0.520. The van der Waals surface area contributed by atoms with Gasteiger partial charge in [-0.15, -0.1) is 11.3 Å². The molecule has 0 spiro atoms. The monoisotopic (exact) mass is 376 g/mol. The number of thiophene rings is 1. The van der Waals surface area contributed by atoms with Crippen LogP contribution >= 0.6 is 43.2 Å². The van der Waals surface area contributed by atoms with Gasteiger partial charge in [-0.05, 0) is 62.2 Å². The van der Waals surface area contributed by atoms with Crippen molar-refractivity contribution in [2.24, 2.45) is 0 Å². The zero-order valence-corrected chi connectivity index (χ0v) is 12.5. The van der Waals surface area contributed by atoms with E-state index in [0.717, 1.165) is 8.66 Å². The van der Waals surface area contributed by atoms with Crippen molar-refractivity contribution in [3.63, 3.8) is 0 Å². The zero-order chi connectivity index (χ0) is 12.4. The van der Waals surface area contributed by atoms with Crippen LogP contribution in [0.3, 0.4) is 0 Å². The van der Waals surface area contributed by atoms with Crippen molar-refractivity contribution in [1.29, 1.82) is 0 Å². The third-order valence-electron chi connectivity index (χ3n) is 2.21. The lowest BCUT2D eigenvalue weighted by Crippen LogP contribution is -2.02. The van der Waals surface area contributed by atoms with E-state index in [4.69, 9.17) is 0 Å². The van der Waals surface area contributed by atoms with Crippen LogP contribution in [-0.4, -0.2) is 5.78 Å². The number of Topliss-reactive ketones (excluding diaryl/α,β-unsaturated/α-hetero) is 1. The molecule has 1 heterocycles. The fourth-order valence-corrected chi connectivity index (χ4v) is 3.24. The van der Waals surface area contributed by atoms with Crippen LogP contribution in [0.5, 0.6) is 0 Å². The first kappa shape index (κ1) is 12.9. The molecule has 2 rings (SSSR count). The molecule has 0 amide bonds. The number of carbonyl (C=O) groups is 1. The van der Waals surface area contributed by atoms with Gasteiger partial charge in [0, 0.05) is 16.9 Å². The average Bonchev–Trinajstić information content (AvgIpc) is 2.68. The van der Waals surface area contributed by atoms with Crippen molar-refractivity contribution in [2.75, 3.05) is 0 Å². The molecule has 0 fully saturated rings. The second kappa shape index (κ2) is 5.42. The van der Waals surface area contributed by atoms with Crippen molar-refractivity contribution in [1.82, 2.24) is 0 Å². The Morgan fingerprint density at radius 2 is 2.00 bits per heavy atom. The van der Waals surface area contributed by atoms with Gasteiger partial charge in [0.15, 0.2) is 5.78 Å². The Balaban J connectivity index is 2.17. The van der Waals surface area contributed by atoms with Gasteiger partial charge in [-0.25, -0.2) is 4.39 Å². The molecule has 1 aromatic heterocycles. The lowest BCUT2D eigenvalue weighted by Gasteiger charge is -2.01. The fraction of sp³-hybridized carbons (Fsp3) is 0.0833. The number of ketones is 1. The third kappa shape index (κ3) is 3.24. The van der Waals surface area contributed by atoms with E-state index in [9.17, 15) is 9.18 Å². The van der Waals surface area contributed by atoms with Gasteiger partial charge in [-0.3, -0.25) is 4.79 Å². The Kier molecular flexibility index (Phi) is 4.12. The second-order valence-corrected chi connectivity index (χ2v) is 6.84. The molecule has 0 aliphatic rings. The van der Waals surface area contributed by atoms with Gasteiger partial charge in [0.25, 0.3) is 0 Å². The van der Waals surface area contributed by atoms with E-state index in [0.29, 0.717) is 16.5 Å². The summed E-state index contributed by atoms with van der Waals surface area (Å²) < 4.78 is 14.3. The summed E-state index contributed by atoms with van der Waals surface area (Å²) in [5.41, 5.74) is 0.516. The van der Waals surface area contributed by atoms with E-state index in [1.165, 1.54) is 29.5 Å². The van der Waals surface area contributed by atoms with Gasteiger partial charge in [0.05, 0.1) is 8.26 Å². The molecule has 0 aliphatic heterocycles. The quantitative estimate of drug-likeness (QED) is 0.699. The summed E-state index contributed by atoms with van der Waals surface area (Å²) in [6, 6.07) is 8.13. The highest BCUT2D eigenvalue weighted by Crippen LogP contribution is 2.24. The molecule has 0 saturated carbocycles. The molecular weight excluding hydrogens is 371 g/mol. The van der Waals surface area contributed by atoms with Crippen LogP contribution in [0.1, 0.15) is 15.2 Å². The van der Waals surface area contributed by atoms with Gasteiger partial charge in [0.2, 0.25) is 0 Å². The summed E-state index contributed by atoms with van der Waals surface area (Å²) in [7, 11) is 0. The minimum Gasteiger partial charge on any atom is -0.294 e. The van der Waals surface area contributed by atoms with Crippen molar-refractivity contribution < 1.29 is 9.18 Å². The number of hydrogen-bond acceptors (Lipinski definition) is 2. The molecule has 0 radical (unpaired) electrons. The van der Waals surface area contributed by atoms with E-state index in [1.54, 1.807) is 0 Å². The highest BCUT2D eigenvalue weighted by molar-refractivity contribution is 9.11. The van der Waals surface area contributed by atoms with Crippen LogP contribution < -0.4 is 0 Å². The summed E-state index contributed by atoms with van der Waals surface area (Å²) in [5.74, 6) is -0.375. The van der Waals surface area contributed by atoms with Gasteiger partial charge < -0.3 is 0 Å². The molecule has 0 atom stereocenters. The van der Waals surface area contributed by atoms with E-state index in [2.05, 4.69) is 31.9 Å². The number of benzene rings is 1. The molecule has 2 aromatic rings. The molecule has 0 bridgehead atoms. The number of carbonyl (C=O) groups excluding carboxylic acids is 1. The predicted molar refractivity (Wildman–Crippen MR) is 74.2 cm³/mol. The maximum atomic E-state index is 13.0. The Labute approximate surface area is 119 Å². The lowest BCUT2D eigenvalue weighted by molar-refractivity contribution is 0.0993. The van der Waals surface area contributed by atoms with Crippen molar-refractivity contribution in [2.45, 2.75) is 6.42 Å². The maximum absolute atomic E-state index is 13.0. The van der Waals surface area contributed by atoms with E-state index >= 15 is 0 Å². The third-order valence-corrected chi connectivity index (χ3v) is 4.44. The molecule has 0 saturated heterocycles. The Morgan fingerprint density at radius 1 is 1.24 bits per heavy atom. The van der Waals surface area contributed by atoms with E-state index < -0.39 is 0 Å². The molecule has 0 N–H and O–H groups in total. The van der Waals surface area contributed by atoms with Crippen LogP contribution in [0.15, 0.2) is 38.6 Å². The molecular formula is C12H7Br2FOS. The largest absolute Gasteiger partial charge is 0.294 e. The van der Waals surface area contributed by atoms with Gasteiger partial charge >= 0.3 is 0 Å². The first-order valence-electron chi connectivity index (χ1n) is 4.79. The standard InChI is InChI=1S/C12H7Br2FOS/c13-9-5-7(1-3-10(9)15)11(16)6-8-2-4-12(14)17-8/h1-5H,6H2. The fourth-order valence-electron chi connectivity index (χ4n) is 1.38. The molecule has 88 valence electrons. The summed E-state index contributed by atoms with van der Waals surface area (Å²) in [4.78, 5) is 12.9. The minimum absolute atomic E-state index is 0.0138. The maximum Gasteiger partial charge on any atom is 0.168 e. The lowest BCUT2D eigenvalue weighted by atomic mass is 10.1. The average molecular weight is 378 g/mol. The Morgan fingerprint density at radius 3 is 2.59 bits per heavy atom. The van der Waals surface area contributed by atoms with Crippen LogP contribution in [0.25, 0.3) is 0 Å². The summed E-state index contributed by atoms with van der Waals surface area (Å²) in [6.45, 7) is 0. The van der Waals surface area contributed by atoms with Crippen LogP contribution in [0.4, 0.5) is 4.39 Å². The number of halogens is 3. The number of hydrogen-bond donors (Lipinski definition) is 0. The van der Waals surface area contributed by atoms with E-state index in [1.807, 2.05) is 12.1 Å². The molecule has 17 heavy (non-hydrogen) atoms. The highest BCUT2D eigenvalue weighted by atomic mass is 79.9. The smallest absolute Gasteiger partial charge is 0.168 e. The topological polar surface area (TPSA) is 17.1 Å². The zero-order valence-electron chi connectivity index (χ0n) is 8.54. The number of rotatable bonds is 3. The molecule has 1 nitrogen and oxygen atoms in total. The van der Waals surface area contributed by atoms with E-state index in [-0.39, 0.29) is 11.6 Å². The molecule has 0 unspecified atom stereocenters. The Bertz CT molecular complexity index is 565. The minimum atomic E-state index is -0.361. The van der Waals surface area contributed by atoms with Crippen LogP contribution in [-0.2, 0) is 6.42 Å².